The smallest absolute Gasteiger partial charge is 0.354 e. The summed E-state index contributed by atoms with van der Waals surface area (Å²) in [5.74, 6) is -0.599. The van der Waals surface area contributed by atoms with Crippen LogP contribution in [0.4, 0.5) is 13.2 Å². The predicted octanol–water partition coefficient (Wildman–Crippen LogP) is 2.80. The number of amides is 1. The summed E-state index contributed by atoms with van der Waals surface area (Å²) < 4.78 is 39.7. The van der Waals surface area contributed by atoms with E-state index in [-0.39, 0.29) is 11.9 Å². The summed E-state index contributed by atoms with van der Waals surface area (Å²) in [5, 5.41) is 2.87. The number of nitrogens with one attached hydrogen (secondary N) is 2. The van der Waals surface area contributed by atoms with Gasteiger partial charge in [0, 0.05) is 12.0 Å². The Labute approximate surface area is 169 Å². The van der Waals surface area contributed by atoms with Gasteiger partial charge in [-0.15, -0.1) is 0 Å². The van der Waals surface area contributed by atoms with Crippen molar-refractivity contribution in [3.8, 4) is 0 Å². The average Bonchev–Trinajstić information content (AvgIpc) is 2.69. The largest absolute Gasteiger partial charge is 0.416 e. The minimum absolute atomic E-state index is 0.0212. The molecule has 0 aliphatic carbocycles. The minimum Gasteiger partial charge on any atom is -0.354 e. The molecule has 1 heterocycles. The Kier molecular flexibility index (Phi) is 5.56. The zero-order chi connectivity index (χ0) is 22.1. The number of aromatic nitrogens is 2. The summed E-state index contributed by atoms with van der Waals surface area (Å²) in [4.78, 5) is 39.6. The Bertz CT molecular complexity index is 1210. The summed E-state index contributed by atoms with van der Waals surface area (Å²) in [6, 6.07) is 11.3. The van der Waals surface area contributed by atoms with Crippen LogP contribution in [0.5, 0.6) is 0 Å². The Morgan fingerprint density at radius 2 is 1.70 bits per heavy atom. The van der Waals surface area contributed by atoms with Crippen LogP contribution >= 0.6 is 0 Å². The van der Waals surface area contributed by atoms with Gasteiger partial charge in [-0.05, 0) is 23.8 Å². The monoisotopic (exact) mass is 419 g/mol. The van der Waals surface area contributed by atoms with Crippen LogP contribution in [0.25, 0.3) is 10.9 Å². The third-order valence-corrected chi connectivity index (χ3v) is 4.89. The van der Waals surface area contributed by atoms with Crippen molar-refractivity contribution in [3.05, 3.63) is 80.5 Å². The number of aromatic amines is 1. The van der Waals surface area contributed by atoms with Gasteiger partial charge in [0.1, 0.15) is 6.54 Å². The van der Waals surface area contributed by atoms with E-state index < -0.39 is 40.9 Å². The Balaban J connectivity index is 1.76. The van der Waals surface area contributed by atoms with Gasteiger partial charge < -0.3 is 10.3 Å². The summed E-state index contributed by atoms with van der Waals surface area (Å²) in [6.45, 7) is 2.90. The van der Waals surface area contributed by atoms with Crippen molar-refractivity contribution in [1.29, 1.82) is 0 Å². The van der Waals surface area contributed by atoms with Crippen molar-refractivity contribution in [2.45, 2.75) is 32.0 Å². The van der Waals surface area contributed by atoms with E-state index in [1.54, 1.807) is 44.2 Å². The zero-order valence-corrected chi connectivity index (χ0v) is 16.3. The molecule has 0 spiro atoms. The third kappa shape index (κ3) is 4.45. The molecule has 3 rings (SSSR count). The van der Waals surface area contributed by atoms with E-state index in [4.69, 9.17) is 0 Å². The lowest BCUT2D eigenvalue weighted by molar-refractivity contribution is -0.137. The van der Waals surface area contributed by atoms with Crippen LogP contribution in [-0.2, 0) is 22.9 Å². The molecule has 1 aromatic heterocycles. The maximum atomic E-state index is 13.0. The number of carbonyl (C=O) groups excluding carboxylic acids is 1. The lowest BCUT2D eigenvalue weighted by Crippen LogP contribution is -2.43. The summed E-state index contributed by atoms with van der Waals surface area (Å²) in [7, 11) is 0. The van der Waals surface area contributed by atoms with E-state index in [0.717, 1.165) is 16.7 Å². The number of fused-ring (bicyclic) bond motifs is 1. The van der Waals surface area contributed by atoms with Crippen LogP contribution in [0.3, 0.4) is 0 Å². The molecule has 6 nitrogen and oxygen atoms in total. The van der Waals surface area contributed by atoms with Crippen LogP contribution < -0.4 is 16.6 Å². The molecule has 30 heavy (non-hydrogen) atoms. The second-order valence-electron chi connectivity index (χ2n) is 7.61. The highest BCUT2D eigenvalue weighted by Gasteiger charge is 2.32. The summed E-state index contributed by atoms with van der Waals surface area (Å²) in [6.07, 6.45) is -4.46. The van der Waals surface area contributed by atoms with Gasteiger partial charge in [-0.3, -0.25) is 14.2 Å². The van der Waals surface area contributed by atoms with Crippen molar-refractivity contribution in [2.75, 3.05) is 6.54 Å². The van der Waals surface area contributed by atoms with Gasteiger partial charge in [-0.25, -0.2) is 4.79 Å². The van der Waals surface area contributed by atoms with Crippen molar-refractivity contribution in [2.24, 2.45) is 0 Å². The first-order valence-corrected chi connectivity index (χ1v) is 9.15. The van der Waals surface area contributed by atoms with Gasteiger partial charge in [-0.1, -0.05) is 44.2 Å². The molecular weight excluding hydrogens is 399 g/mol. The van der Waals surface area contributed by atoms with Gasteiger partial charge in [0.15, 0.2) is 0 Å². The van der Waals surface area contributed by atoms with Crippen LogP contribution in [0.1, 0.15) is 25.0 Å². The first kappa shape index (κ1) is 21.4. The molecule has 0 unspecified atom stereocenters. The molecule has 0 aliphatic heterocycles. The molecule has 0 saturated carbocycles. The van der Waals surface area contributed by atoms with Gasteiger partial charge >= 0.3 is 11.9 Å². The second-order valence-corrected chi connectivity index (χ2v) is 7.61. The van der Waals surface area contributed by atoms with Crippen molar-refractivity contribution < 1.29 is 18.0 Å². The molecule has 0 saturated heterocycles. The molecule has 2 N–H and O–H groups in total. The highest BCUT2D eigenvalue weighted by Crippen LogP contribution is 2.32. The third-order valence-electron chi connectivity index (χ3n) is 4.89. The van der Waals surface area contributed by atoms with Gasteiger partial charge in [0.2, 0.25) is 5.91 Å². The van der Waals surface area contributed by atoms with Crippen LogP contribution in [-0.4, -0.2) is 22.0 Å². The maximum absolute atomic E-state index is 13.0. The van der Waals surface area contributed by atoms with Crippen molar-refractivity contribution in [1.82, 2.24) is 14.9 Å². The van der Waals surface area contributed by atoms with Crippen molar-refractivity contribution in [3.63, 3.8) is 0 Å². The highest BCUT2D eigenvalue weighted by atomic mass is 19.4. The predicted molar refractivity (Wildman–Crippen MR) is 106 cm³/mol. The zero-order valence-electron chi connectivity index (χ0n) is 16.3. The number of benzene rings is 2. The number of rotatable bonds is 5. The van der Waals surface area contributed by atoms with E-state index in [0.29, 0.717) is 11.1 Å². The molecule has 0 aliphatic rings. The number of H-pyrrole nitrogens is 1. The number of hydrogen-bond acceptors (Lipinski definition) is 3. The molecule has 1 amide bonds. The molecule has 2 aromatic carbocycles. The highest BCUT2D eigenvalue weighted by molar-refractivity contribution is 5.78. The van der Waals surface area contributed by atoms with Crippen molar-refractivity contribution >= 4 is 16.8 Å². The molecule has 0 bridgehead atoms. The maximum Gasteiger partial charge on any atom is 0.416 e. The van der Waals surface area contributed by atoms with Crippen LogP contribution in [0.2, 0.25) is 0 Å². The van der Waals surface area contributed by atoms with Gasteiger partial charge in [0.25, 0.3) is 5.56 Å². The topological polar surface area (TPSA) is 84.0 Å². The Morgan fingerprint density at radius 1 is 1.03 bits per heavy atom. The molecule has 3 aromatic rings. The Hall–Kier alpha value is -3.36. The fourth-order valence-electron chi connectivity index (χ4n) is 3.08. The quantitative estimate of drug-likeness (QED) is 0.667. The fourth-order valence-corrected chi connectivity index (χ4v) is 3.08. The van der Waals surface area contributed by atoms with E-state index in [9.17, 15) is 27.6 Å². The van der Waals surface area contributed by atoms with E-state index in [1.807, 2.05) is 0 Å². The first-order chi connectivity index (χ1) is 14.0. The lowest BCUT2D eigenvalue weighted by Gasteiger charge is -2.26. The number of alkyl halides is 3. The average molecular weight is 419 g/mol. The lowest BCUT2D eigenvalue weighted by atomic mass is 9.83. The van der Waals surface area contributed by atoms with Gasteiger partial charge in [0.05, 0.1) is 16.5 Å². The van der Waals surface area contributed by atoms with E-state index in [1.165, 1.54) is 6.07 Å². The van der Waals surface area contributed by atoms with Crippen LogP contribution in [0.15, 0.2) is 58.1 Å². The molecule has 158 valence electrons. The standard InChI is InChI=1S/C21H20F3N3O3/c1-20(2,13-6-5-7-14(10-13)21(22,23)24)12-25-17(28)11-27-18(29)15-8-3-4-9-16(15)26-19(27)30/h3-10H,11-12H2,1-2H3,(H,25,28)(H,26,30). The van der Waals surface area contributed by atoms with Crippen LogP contribution in [0, 0.1) is 0 Å². The number of halogens is 3. The minimum atomic E-state index is -4.46. The number of para-hydroxylation sites is 1. The van der Waals surface area contributed by atoms with Gasteiger partial charge in [-0.2, -0.15) is 13.2 Å². The summed E-state index contributed by atoms with van der Waals surface area (Å²) >= 11 is 0. The molecule has 0 atom stereocenters. The number of hydrogen-bond donors (Lipinski definition) is 2. The molecular formula is C21H20F3N3O3. The second kappa shape index (κ2) is 7.81. The normalized spacial score (nSPS) is 12.2. The van der Waals surface area contributed by atoms with E-state index >= 15 is 0 Å². The summed E-state index contributed by atoms with van der Waals surface area (Å²) in [5.41, 5.74) is -2.12. The molecule has 0 radical (unpaired) electrons. The number of carbonyl (C=O) groups is 1. The van der Waals surface area contributed by atoms with E-state index in [2.05, 4.69) is 10.3 Å². The number of nitrogens with zero attached hydrogens (tertiary/aromatic N) is 1. The molecule has 9 heteroatoms. The Morgan fingerprint density at radius 3 is 2.40 bits per heavy atom. The SMILES string of the molecule is CC(C)(CNC(=O)Cn1c(=O)[nH]c2ccccc2c1=O)c1cccc(C(F)(F)F)c1. The first-order valence-electron chi connectivity index (χ1n) is 9.15. The fraction of sp³-hybridized carbons (Fsp3) is 0.286. The molecule has 0 fully saturated rings.